The van der Waals surface area contributed by atoms with Gasteiger partial charge in [0.25, 0.3) is 0 Å². The molecule has 5 heteroatoms. The third-order valence-electron chi connectivity index (χ3n) is 3.51. The first-order valence-corrected chi connectivity index (χ1v) is 7.77. The Bertz CT molecular complexity index is 438. The first-order valence-electron chi connectivity index (χ1n) is 7.77. The Labute approximate surface area is 125 Å². The van der Waals surface area contributed by atoms with Crippen LogP contribution in [0.1, 0.15) is 64.7 Å². The zero-order valence-corrected chi connectivity index (χ0v) is 12.7. The van der Waals surface area contributed by atoms with Gasteiger partial charge < -0.3 is 10.2 Å². The Balaban J connectivity index is 2.56. The molecule has 5 nitrogen and oxygen atoms in total. The Morgan fingerprint density at radius 1 is 1.14 bits per heavy atom. The van der Waals surface area contributed by atoms with E-state index in [1.54, 1.807) is 0 Å². The van der Waals surface area contributed by atoms with Crippen molar-refractivity contribution in [3.63, 3.8) is 0 Å². The average molecular weight is 295 g/mol. The average Bonchev–Trinajstić information content (AvgIpc) is 2.42. The third kappa shape index (κ3) is 6.10. The normalized spacial score (nSPS) is 19.9. The molecule has 1 rings (SSSR count). The number of allylic oxidation sites excluding steroid dienone is 2. The molecule has 2 N–H and O–H groups in total. The highest BCUT2D eigenvalue weighted by molar-refractivity contribution is 6.24. The predicted octanol–water partition coefficient (Wildman–Crippen LogP) is 3.44. The van der Waals surface area contributed by atoms with Gasteiger partial charge in [-0.2, -0.15) is 0 Å². The lowest BCUT2D eigenvalue weighted by Gasteiger charge is -2.17. The molecule has 0 aromatic carbocycles. The quantitative estimate of drug-likeness (QED) is 0.408. The lowest BCUT2D eigenvalue weighted by atomic mass is 9.89. The summed E-state index contributed by atoms with van der Waals surface area (Å²) in [6, 6.07) is 0. The number of hydrogen-bond acceptors (Lipinski definition) is 4. The molecule has 0 saturated heterocycles. The number of hydrogen-bond donors (Lipinski definition) is 2. The lowest BCUT2D eigenvalue weighted by Crippen LogP contribution is -2.21. The number of aliphatic imine (C=N–C) groups is 1. The van der Waals surface area contributed by atoms with E-state index in [1.807, 2.05) is 6.92 Å². The number of carbonyl (C=O) groups excluding carboxylic acids is 1. The van der Waals surface area contributed by atoms with Crippen LogP contribution >= 0.6 is 0 Å². The largest absolute Gasteiger partial charge is 0.511 e. The summed E-state index contributed by atoms with van der Waals surface area (Å²) in [7, 11) is 0. The topological polar surface area (TPSA) is 87.0 Å². The first-order chi connectivity index (χ1) is 10.1. The van der Waals surface area contributed by atoms with Gasteiger partial charge in [-0.25, -0.2) is 0 Å². The number of aliphatic hydroxyl groups is 1. The van der Waals surface area contributed by atoms with Gasteiger partial charge in [-0.15, -0.1) is 0 Å². The SMILES string of the molecule is CCC/C(O)=C1/C(=O)CCCC1=NCCCCCC(=O)O. The van der Waals surface area contributed by atoms with Gasteiger partial charge in [0, 0.05) is 31.5 Å². The first kappa shape index (κ1) is 17.4. The van der Waals surface area contributed by atoms with E-state index in [4.69, 9.17) is 5.11 Å². The van der Waals surface area contributed by atoms with Gasteiger partial charge >= 0.3 is 5.97 Å². The maximum atomic E-state index is 12.0. The number of carboxylic acid groups (broad SMARTS) is 1. The van der Waals surface area contributed by atoms with Crippen LogP contribution in [0.4, 0.5) is 0 Å². The standard InChI is InChI=1S/C16H25NO4/c1-2-7-13(18)16-12(8-6-9-14(16)19)17-11-5-3-4-10-15(20)21/h18H,2-11H2,1H3,(H,20,21)/b16-13-,17-12?. The van der Waals surface area contributed by atoms with Crippen LogP contribution in [0.25, 0.3) is 0 Å². The molecule has 0 aromatic heterocycles. The number of nitrogens with zero attached hydrogens (tertiary/aromatic N) is 1. The van der Waals surface area contributed by atoms with Gasteiger partial charge in [0.05, 0.1) is 5.57 Å². The van der Waals surface area contributed by atoms with Gasteiger partial charge in [-0.1, -0.05) is 13.3 Å². The monoisotopic (exact) mass is 295 g/mol. The van der Waals surface area contributed by atoms with Crippen LogP contribution < -0.4 is 0 Å². The molecular weight excluding hydrogens is 270 g/mol. The van der Waals surface area contributed by atoms with Gasteiger partial charge in [0.1, 0.15) is 5.76 Å². The summed E-state index contributed by atoms with van der Waals surface area (Å²) in [4.78, 5) is 26.8. The molecule has 0 aromatic rings. The van der Waals surface area contributed by atoms with Crippen LogP contribution in [0.15, 0.2) is 16.3 Å². The van der Waals surface area contributed by atoms with E-state index in [9.17, 15) is 14.7 Å². The molecule has 118 valence electrons. The third-order valence-corrected chi connectivity index (χ3v) is 3.51. The van der Waals surface area contributed by atoms with E-state index >= 15 is 0 Å². The van der Waals surface area contributed by atoms with Crippen molar-refractivity contribution in [3.05, 3.63) is 11.3 Å². The molecule has 0 bridgehead atoms. The Kier molecular flexibility index (Phi) is 7.72. The summed E-state index contributed by atoms with van der Waals surface area (Å²) in [6.07, 6.45) is 5.80. The fourth-order valence-electron chi connectivity index (χ4n) is 2.45. The molecule has 1 saturated carbocycles. The van der Waals surface area contributed by atoms with E-state index in [1.165, 1.54) is 0 Å². The van der Waals surface area contributed by atoms with E-state index in [0.29, 0.717) is 31.4 Å². The highest BCUT2D eigenvalue weighted by Crippen LogP contribution is 2.22. The van der Waals surface area contributed by atoms with Crippen LogP contribution in [0.3, 0.4) is 0 Å². The minimum atomic E-state index is -0.770. The number of carboxylic acids is 1. The van der Waals surface area contributed by atoms with E-state index in [2.05, 4.69) is 4.99 Å². The predicted molar refractivity (Wildman–Crippen MR) is 81.8 cm³/mol. The van der Waals surface area contributed by atoms with Crippen LogP contribution in [0.2, 0.25) is 0 Å². The maximum Gasteiger partial charge on any atom is 0.303 e. The van der Waals surface area contributed by atoms with E-state index in [0.717, 1.165) is 37.8 Å². The molecule has 0 amide bonds. The van der Waals surface area contributed by atoms with E-state index in [-0.39, 0.29) is 18.0 Å². The zero-order chi connectivity index (χ0) is 15.7. The van der Waals surface area contributed by atoms with Gasteiger partial charge in [-0.05, 0) is 32.1 Å². The van der Waals surface area contributed by atoms with Crippen molar-refractivity contribution >= 4 is 17.5 Å². The number of Topliss-reactive ketones (excluding diaryl/α,β-unsaturated/α-hetero) is 1. The second-order valence-electron chi connectivity index (χ2n) is 5.38. The van der Waals surface area contributed by atoms with Crippen LogP contribution in [0, 0.1) is 0 Å². The van der Waals surface area contributed by atoms with Gasteiger partial charge in [-0.3, -0.25) is 14.6 Å². The summed E-state index contributed by atoms with van der Waals surface area (Å²) >= 11 is 0. The Morgan fingerprint density at radius 3 is 2.57 bits per heavy atom. The highest BCUT2D eigenvalue weighted by Gasteiger charge is 2.24. The maximum absolute atomic E-state index is 12.0. The zero-order valence-electron chi connectivity index (χ0n) is 12.7. The summed E-state index contributed by atoms with van der Waals surface area (Å²) in [6.45, 7) is 2.55. The summed E-state index contributed by atoms with van der Waals surface area (Å²) in [5, 5.41) is 18.6. The molecule has 0 heterocycles. The van der Waals surface area contributed by atoms with Crippen molar-refractivity contribution in [2.45, 2.75) is 64.7 Å². The summed E-state index contributed by atoms with van der Waals surface area (Å²) in [5.41, 5.74) is 1.17. The molecule has 0 atom stereocenters. The molecule has 1 aliphatic rings. The Morgan fingerprint density at radius 2 is 1.90 bits per heavy atom. The summed E-state index contributed by atoms with van der Waals surface area (Å²) < 4.78 is 0. The number of unbranched alkanes of at least 4 members (excludes halogenated alkanes) is 2. The summed E-state index contributed by atoms with van der Waals surface area (Å²) in [5.74, 6) is -0.599. The number of carbonyl (C=O) groups is 2. The molecule has 0 spiro atoms. The Hall–Kier alpha value is -1.65. The van der Waals surface area contributed by atoms with Crippen molar-refractivity contribution in [2.75, 3.05) is 6.54 Å². The minimum Gasteiger partial charge on any atom is -0.511 e. The molecule has 1 fully saturated rings. The van der Waals surface area contributed by atoms with Gasteiger partial charge in [0.2, 0.25) is 0 Å². The van der Waals surface area contributed by atoms with Crippen molar-refractivity contribution < 1.29 is 19.8 Å². The van der Waals surface area contributed by atoms with Crippen molar-refractivity contribution in [3.8, 4) is 0 Å². The number of aliphatic carboxylic acids is 1. The fraction of sp³-hybridized carbons (Fsp3) is 0.688. The molecular formula is C16H25NO4. The number of rotatable bonds is 8. The number of aliphatic hydroxyl groups excluding tert-OH is 1. The van der Waals surface area contributed by atoms with Crippen LogP contribution in [-0.4, -0.2) is 34.2 Å². The lowest BCUT2D eigenvalue weighted by molar-refractivity contribution is -0.137. The highest BCUT2D eigenvalue weighted by atomic mass is 16.4. The van der Waals surface area contributed by atoms with E-state index < -0.39 is 5.97 Å². The van der Waals surface area contributed by atoms with Crippen LogP contribution in [-0.2, 0) is 9.59 Å². The second-order valence-corrected chi connectivity index (χ2v) is 5.38. The smallest absolute Gasteiger partial charge is 0.303 e. The molecule has 0 aliphatic heterocycles. The minimum absolute atomic E-state index is 0.00294. The molecule has 21 heavy (non-hydrogen) atoms. The molecule has 0 radical (unpaired) electrons. The molecule has 1 aliphatic carbocycles. The van der Waals surface area contributed by atoms with Gasteiger partial charge in [0.15, 0.2) is 5.78 Å². The van der Waals surface area contributed by atoms with Crippen molar-refractivity contribution in [1.82, 2.24) is 0 Å². The number of ketones is 1. The second kappa shape index (κ2) is 9.32. The van der Waals surface area contributed by atoms with Crippen molar-refractivity contribution in [1.29, 1.82) is 0 Å². The fourth-order valence-corrected chi connectivity index (χ4v) is 2.45. The molecule has 0 unspecified atom stereocenters. The van der Waals surface area contributed by atoms with Crippen molar-refractivity contribution in [2.24, 2.45) is 4.99 Å². The van der Waals surface area contributed by atoms with Crippen LogP contribution in [0.5, 0.6) is 0 Å².